The summed E-state index contributed by atoms with van der Waals surface area (Å²) in [4.78, 5) is 16.9. The van der Waals surface area contributed by atoms with E-state index in [4.69, 9.17) is 0 Å². The molecule has 26 heavy (non-hydrogen) atoms. The van der Waals surface area contributed by atoms with Crippen LogP contribution in [0.1, 0.15) is 17.2 Å². The number of piperazine rings is 1. The first-order valence-corrected chi connectivity index (χ1v) is 9.77. The number of rotatable bonds is 6. The molecule has 2 amide bonds. The zero-order valence-corrected chi connectivity index (χ0v) is 15.8. The van der Waals surface area contributed by atoms with Crippen LogP contribution in [-0.4, -0.2) is 55.6 Å². The molecule has 5 nitrogen and oxygen atoms in total. The number of carbonyl (C=O) groups excluding carboxylic acids is 1. The molecule has 2 N–H and O–H groups in total. The molecule has 1 atom stereocenters. The van der Waals surface area contributed by atoms with Crippen molar-refractivity contribution in [1.29, 1.82) is 0 Å². The lowest BCUT2D eigenvalue weighted by molar-refractivity contribution is 0.111. The molecule has 2 heterocycles. The maximum Gasteiger partial charge on any atom is 0.315 e. The van der Waals surface area contributed by atoms with Crippen LogP contribution in [0.3, 0.4) is 0 Å². The summed E-state index contributed by atoms with van der Waals surface area (Å²) in [7, 11) is 2.14. The van der Waals surface area contributed by atoms with Gasteiger partial charge in [-0.05, 0) is 47.1 Å². The lowest BCUT2D eigenvalue weighted by Crippen LogP contribution is -2.49. The van der Waals surface area contributed by atoms with Crippen LogP contribution in [0.4, 0.5) is 9.18 Å². The van der Waals surface area contributed by atoms with E-state index in [2.05, 4.69) is 44.3 Å². The second-order valence-corrected chi connectivity index (χ2v) is 7.38. The smallest absolute Gasteiger partial charge is 0.315 e. The first-order chi connectivity index (χ1) is 12.6. The average molecular weight is 377 g/mol. The molecule has 1 aliphatic heterocycles. The highest BCUT2D eigenvalue weighted by Crippen LogP contribution is 2.23. The van der Waals surface area contributed by atoms with Gasteiger partial charge in [-0.1, -0.05) is 12.1 Å². The maximum atomic E-state index is 12.9. The summed E-state index contributed by atoms with van der Waals surface area (Å²) in [5, 5.41) is 10.0. The minimum Gasteiger partial charge on any atom is -0.336 e. The minimum atomic E-state index is -0.274. The third-order valence-electron chi connectivity index (χ3n) is 4.73. The van der Waals surface area contributed by atoms with Crippen molar-refractivity contribution in [3.05, 3.63) is 58.0 Å². The number of hydrogen-bond donors (Lipinski definition) is 2. The Labute approximate surface area is 157 Å². The van der Waals surface area contributed by atoms with Gasteiger partial charge < -0.3 is 15.5 Å². The number of hydrogen-bond acceptors (Lipinski definition) is 4. The van der Waals surface area contributed by atoms with E-state index in [0.717, 1.165) is 31.7 Å². The van der Waals surface area contributed by atoms with Crippen molar-refractivity contribution in [3.8, 4) is 0 Å². The molecular formula is C19H25FN4OS. The molecule has 1 aromatic heterocycles. The summed E-state index contributed by atoms with van der Waals surface area (Å²) >= 11 is 1.68. The molecule has 2 aromatic rings. The van der Waals surface area contributed by atoms with Crippen LogP contribution < -0.4 is 10.6 Å². The lowest BCUT2D eigenvalue weighted by Gasteiger charge is -2.38. The number of benzene rings is 1. The SMILES string of the molecule is CN1CCN(C(CNC(=O)NCc2ccc(F)cc2)c2ccsc2)CC1. The zero-order chi connectivity index (χ0) is 18.4. The van der Waals surface area contributed by atoms with Crippen LogP contribution in [0.2, 0.25) is 0 Å². The highest BCUT2D eigenvalue weighted by molar-refractivity contribution is 7.07. The van der Waals surface area contributed by atoms with Crippen LogP contribution in [0.15, 0.2) is 41.1 Å². The molecule has 0 radical (unpaired) electrons. The third-order valence-corrected chi connectivity index (χ3v) is 5.43. The van der Waals surface area contributed by atoms with Gasteiger partial charge in [0.2, 0.25) is 0 Å². The average Bonchev–Trinajstić information content (AvgIpc) is 3.17. The van der Waals surface area contributed by atoms with Crippen LogP contribution in [0.5, 0.6) is 0 Å². The molecular weight excluding hydrogens is 351 g/mol. The number of urea groups is 1. The monoisotopic (exact) mass is 376 g/mol. The Hall–Kier alpha value is -1.96. The summed E-state index contributed by atoms with van der Waals surface area (Å²) in [5.41, 5.74) is 2.12. The molecule has 7 heteroatoms. The van der Waals surface area contributed by atoms with E-state index in [1.165, 1.54) is 17.7 Å². The standard InChI is InChI=1S/C19H25FN4OS/c1-23-7-9-24(10-8-23)18(16-6-11-26-14-16)13-22-19(25)21-12-15-2-4-17(20)5-3-15/h2-6,11,14,18H,7-10,12-13H2,1H3,(H2,21,22,25). The van der Waals surface area contributed by atoms with E-state index >= 15 is 0 Å². The number of nitrogens with zero attached hydrogens (tertiary/aromatic N) is 2. The van der Waals surface area contributed by atoms with Gasteiger partial charge in [0.25, 0.3) is 0 Å². The van der Waals surface area contributed by atoms with Crippen molar-refractivity contribution in [3.63, 3.8) is 0 Å². The molecule has 1 saturated heterocycles. The normalized spacial score (nSPS) is 17.0. The molecule has 1 aromatic carbocycles. The predicted molar refractivity (Wildman–Crippen MR) is 103 cm³/mol. The first-order valence-electron chi connectivity index (χ1n) is 8.82. The topological polar surface area (TPSA) is 47.6 Å². The van der Waals surface area contributed by atoms with E-state index in [1.807, 2.05) is 0 Å². The van der Waals surface area contributed by atoms with Gasteiger partial charge in [-0.25, -0.2) is 9.18 Å². The van der Waals surface area contributed by atoms with Crippen LogP contribution in [0.25, 0.3) is 0 Å². The zero-order valence-electron chi connectivity index (χ0n) is 15.0. The largest absolute Gasteiger partial charge is 0.336 e. The summed E-state index contributed by atoms with van der Waals surface area (Å²) in [6, 6.07) is 8.26. The first kappa shape index (κ1) is 18.8. The molecule has 1 aliphatic rings. The van der Waals surface area contributed by atoms with Gasteiger partial charge in [0, 0.05) is 39.3 Å². The molecule has 140 valence electrons. The minimum absolute atomic E-state index is 0.187. The molecule has 1 fully saturated rings. The number of amides is 2. The van der Waals surface area contributed by atoms with E-state index in [0.29, 0.717) is 13.1 Å². The van der Waals surface area contributed by atoms with Crippen LogP contribution in [-0.2, 0) is 6.54 Å². The van der Waals surface area contributed by atoms with E-state index in [-0.39, 0.29) is 17.9 Å². The van der Waals surface area contributed by atoms with E-state index in [9.17, 15) is 9.18 Å². The van der Waals surface area contributed by atoms with Gasteiger partial charge in [0.05, 0.1) is 6.04 Å². The Morgan fingerprint density at radius 2 is 1.88 bits per heavy atom. The van der Waals surface area contributed by atoms with Crippen LogP contribution >= 0.6 is 11.3 Å². The summed E-state index contributed by atoms with van der Waals surface area (Å²) < 4.78 is 12.9. The van der Waals surface area contributed by atoms with Crippen molar-refractivity contribution in [1.82, 2.24) is 20.4 Å². The van der Waals surface area contributed by atoms with Gasteiger partial charge in [0.15, 0.2) is 0 Å². The third kappa shape index (κ3) is 5.27. The molecule has 0 bridgehead atoms. The number of carbonyl (C=O) groups is 1. The molecule has 0 aliphatic carbocycles. The maximum absolute atomic E-state index is 12.9. The van der Waals surface area contributed by atoms with Crippen molar-refractivity contribution in [2.24, 2.45) is 0 Å². The highest BCUT2D eigenvalue weighted by Gasteiger charge is 2.24. The molecule has 1 unspecified atom stereocenters. The Bertz CT molecular complexity index is 684. The van der Waals surface area contributed by atoms with E-state index < -0.39 is 0 Å². The summed E-state index contributed by atoms with van der Waals surface area (Å²) in [5.74, 6) is -0.274. The van der Waals surface area contributed by atoms with E-state index in [1.54, 1.807) is 23.5 Å². The fourth-order valence-electron chi connectivity index (χ4n) is 3.09. The fraction of sp³-hybridized carbons (Fsp3) is 0.421. The number of halogens is 1. The number of thiophene rings is 1. The van der Waals surface area contributed by atoms with Gasteiger partial charge in [-0.3, -0.25) is 4.90 Å². The van der Waals surface area contributed by atoms with Gasteiger partial charge in [-0.15, -0.1) is 0 Å². The van der Waals surface area contributed by atoms with Crippen molar-refractivity contribution >= 4 is 17.4 Å². The molecule has 0 spiro atoms. The summed E-state index contributed by atoms with van der Waals surface area (Å²) in [6.45, 7) is 5.01. The highest BCUT2D eigenvalue weighted by atomic mass is 32.1. The molecule has 3 rings (SSSR count). The number of likely N-dealkylation sites (N-methyl/N-ethyl adjacent to an activating group) is 1. The van der Waals surface area contributed by atoms with Gasteiger partial charge >= 0.3 is 6.03 Å². The quantitative estimate of drug-likeness (QED) is 0.815. The van der Waals surface area contributed by atoms with Crippen molar-refractivity contribution in [2.75, 3.05) is 39.8 Å². The second-order valence-electron chi connectivity index (χ2n) is 6.60. The Kier molecular flexibility index (Phi) is 6.60. The second kappa shape index (κ2) is 9.12. The van der Waals surface area contributed by atoms with Gasteiger partial charge in [-0.2, -0.15) is 11.3 Å². The van der Waals surface area contributed by atoms with Crippen molar-refractivity contribution in [2.45, 2.75) is 12.6 Å². The Morgan fingerprint density at radius 1 is 1.15 bits per heavy atom. The lowest BCUT2D eigenvalue weighted by atomic mass is 10.1. The number of nitrogens with one attached hydrogen (secondary N) is 2. The molecule has 0 saturated carbocycles. The summed E-state index contributed by atoms with van der Waals surface area (Å²) in [6.07, 6.45) is 0. The Balaban J connectivity index is 1.52. The Morgan fingerprint density at radius 3 is 2.54 bits per heavy atom. The van der Waals surface area contributed by atoms with Crippen molar-refractivity contribution < 1.29 is 9.18 Å². The van der Waals surface area contributed by atoms with Gasteiger partial charge in [0.1, 0.15) is 5.82 Å². The predicted octanol–water partition coefficient (Wildman–Crippen LogP) is 2.68. The van der Waals surface area contributed by atoms with Crippen LogP contribution in [0, 0.1) is 5.82 Å². The fourth-order valence-corrected chi connectivity index (χ4v) is 3.80.